The molecule has 2 aromatic carbocycles. The maximum atomic E-state index is 12.1. The van der Waals surface area contributed by atoms with Gasteiger partial charge in [-0.3, -0.25) is 4.79 Å². The lowest BCUT2D eigenvalue weighted by Crippen LogP contribution is -2.40. The first-order valence-electron chi connectivity index (χ1n) is 6.64. The van der Waals surface area contributed by atoms with Gasteiger partial charge in [0.1, 0.15) is 12.7 Å². The first-order chi connectivity index (χ1) is 10.2. The molecule has 1 heterocycles. The average Bonchev–Trinajstić information content (AvgIpc) is 2.52. The summed E-state index contributed by atoms with van der Waals surface area (Å²) in [5.74, 6) is 1.33. The van der Waals surface area contributed by atoms with E-state index in [1.807, 2.05) is 36.4 Å². The topological polar surface area (TPSA) is 47.6 Å². The Kier molecular flexibility index (Phi) is 4.10. The Bertz CT molecular complexity index is 659. The Balaban J connectivity index is 1.58. The Morgan fingerprint density at radius 3 is 2.81 bits per heavy atom. The highest BCUT2D eigenvalue weighted by molar-refractivity contribution is 9.10. The molecular weight excluding hydrogens is 334 g/mol. The maximum absolute atomic E-state index is 12.1. The molecule has 21 heavy (non-hydrogen) atoms. The van der Waals surface area contributed by atoms with Gasteiger partial charge in [0.05, 0.1) is 6.54 Å². The number of amides is 1. The molecule has 0 saturated carbocycles. The van der Waals surface area contributed by atoms with E-state index in [0.717, 1.165) is 10.2 Å². The molecule has 0 radical (unpaired) electrons. The number of carbonyl (C=O) groups excluding carboxylic acids is 1. The number of fused-ring (bicyclic) bond motifs is 1. The average molecular weight is 348 g/mol. The molecule has 0 unspecified atom stereocenters. The van der Waals surface area contributed by atoms with Gasteiger partial charge in [-0.15, -0.1) is 0 Å². The molecule has 4 nitrogen and oxygen atoms in total. The fourth-order valence-electron chi connectivity index (χ4n) is 2.10. The van der Waals surface area contributed by atoms with Crippen LogP contribution in [0.4, 0.5) is 0 Å². The Labute approximate surface area is 131 Å². The van der Waals surface area contributed by atoms with E-state index in [9.17, 15) is 4.79 Å². The summed E-state index contributed by atoms with van der Waals surface area (Å²) in [6, 6.07) is 14.8. The third-order valence-corrected chi connectivity index (χ3v) is 3.64. The number of hydrogen-bond acceptors (Lipinski definition) is 3. The van der Waals surface area contributed by atoms with Crippen molar-refractivity contribution >= 4 is 21.8 Å². The predicted molar refractivity (Wildman–Crippen MR) is 82.8 cm³/mol. The number of rotatable bonds is 3. The van der Waals surface area contributed by atoms with Crippen LogP contribution in [-0.2, 0) is 0 Å². The standard InChI is InChI=1S/C16H14BrNO3/c17-12-5-3-4-11(8-12)16(19)18-9-13-10-20-14-6-1-2-7-15(14)21-13/h1-8,13H,9-10H2,(H,18,19)/t13-/m1/s1. The molecule has 3 rings (SSSR count). The third kappa shape index (κ3) is 3.36. The van der Waals surface area contributed by atoms with E-state index < -0.39 is 0 Å². The third-order valence-electron chi connectivity index (χ3n) is 3.14. The van der Waals surface area contributed by atoms with Crippen molar-refractivity contribution in [3.8, 4) is 11.5 Å². The minimum absolute atomic E-state index is 0.126. The highest BCUT2D eigenvalue weighted by atomic mass is 79.9. The van der Waals surface area contributed by atoms with E-state index in [1.54, 1.807) is 12.1 Å². The molecule has 0 spiro atoms. The fraction of sp³-hybridized carbons (Fsp3) is 0.188. The number of halogens is 1. The van der Waals surface area contributed by atoms with Crippen LogP contribution in [0, 0.1) is 0 Å². The van der Waals surface area contributed by atoms with Gasteiger partial charge in [-0.25, -0.2) is 0 Å². The molecule has 1 atom stereocenters. The normalized spacial score (nSPS) is 16.3. The zero-order valence-corrected chi connectivity index (χ0v) is 12.8. The van der Waals surface area contributed by atoms with Crippen molar-refractivity contribution in [3.05, 3.63) is 58.6 Å². The molecule has 1 aliphatic heterocycles. The van der Waals surface area contributed by atoms with Crippen LogP contribution in [0.5, 0.6) is 11.5 Å². The van der Waals surface area contributed by atoms with Crippen LogP contribution in [0.25, 0.3) is 0 Å². The lowest BCUT2D eigenvalue weighted by molar-refractivity contribution is 0.0789. The van der Waals surface area contributed by atoms with Crippen molar-refractivity contribution in [1.29, 1.82) is 0 Å². The number of carbonyl (C=O) groups is 1. The summed E-state index contributed by atoms with van der Waals surface area (Å²) in [5.41, 5.74) is 0.613. The zero-order valence-electron chi connectivity index (χ0n) is 11.2. The summed E-state index contributed by atoms with van der Waals surface area (Å²) < 4.78 is 12.3. The molecule has 0 saturated heterocycles. The molecule has 0 aliphatic carbocycles. The minimum atomic E-state index is -0.184. The summed E-state index contributed by atoms with van der Waals surface area (Å²) in [6.07, 6.45) is -0.184. The minimum Gasteiger partial charge on any atom is -0.486 e. The zero-order chi connectivity index (χ0) is 14.7. The molecule has 5 heteroatoms. The second kappa shape index (κ2) is 6.18. The fourth-order valence-corrected chi connectivity index (χ4v) is 2.50. The van der Waals surface area contributed by atoms with E-state index in [2.05, 4.69) is 21.2 Å². The number of benzene rings is 2. The highest BCUT2D eigenvalue weighted by Crippen LogP contribution is 2.30. The lowest BCUT2D eigenvalue weighted by atomic mass is 10.2. The van der Waals surface area contributed by atoms with Gasteiger partial charge in [-0.1, -0.05) is 34.1 Å². The molecule has 108 valence electrons. The van der Waals surface area contributed by atoms with E-state index in [1.165, 1.54) is 0 Å². The molecular formula is C16H14BrNO3. The molecule has 1 N–H and O–H groups in total. The molecule has 1 aliphatic rings. The SMILES string of the molecule is O=C(NC[C@@H]1COc2ccccc2O1)c1cccc(Br)c1. The first kappa shape index (κ1) is 13.9. The van der Waals surface area contributed by atoms with Crippen LogP contribution in [0.1, 0.15) is 10.4 Å². The second-order valence-electron chi connectivity index (χ2n) is 4.72. The van der Waals surface area contributed by atoms with Crippen LogP contribution >= 0.6 is 15.9 Å². The highest BCUT2D eigenvalue weighted by Gasteiger charge is 2.21. The summed E-state index contributed by atoms with van der Waals surface area (Å²) in [5, 5.41) is 2.86. The molecule has 0 bridgehead atoms. The van der Waals surface area contributed by atoms with Crippen molar-refractivity contribution < 1.29 is 14.3 Å². The van der Waals surface area contributed by atoms with Crippen LogP contribution in [0.15, 0.2) is 53.0 Å². The quantitative estimate of drug-likeness (QED) is 0.928. The van der Waals surface area contributed by atoms with Gasteiger partial charge in [0.25, 0.3) is 5.91 Å². The van der Waals surface area contributed by atoms with Gasteiger partial charge >= 0.3 is 0 Å². The number of ether oxygens (including phenoxy) is 2. The van der Waals surface area contributed by atoms with Crippen LogP contribution in [0.2, 0.25) is 0 Å². The van der Waals surface area contributed by atoms with Crippen LogP contribution in [0.3, 0.4) is 0 Å². The smallest absolute Gasteiger partial charge is 0.251 e. The number of nitrogens with one attached hydrogen (secondary N) is 1. The van der Waals surface area contributed by atoms with E-state index in [0.29, 0.717) is 24.5 Å². The monoisotopic (exact) mass is 347 g/mol. The number of para-hydroxylation sites is 2. The summed E-state index contributed by atoms with van der Waals surface area (Å²) in [6.45, 7) is 0.829. The Hall–Kier alpha value is -2.01. The van der Waals surface area contributed by atoms with Crippen molar-refractivity contribution in [1.82, 2.24) is 5.32 Å². The summed E-state index contributed by atoms with van der Waals surface area (Å²) >= 11 is 3.35. The van der Waals surface area contributed by atoms with Gasteiger partial charge in [-0.05, 0) is 30.3 Å². The van der Waals surface area contributed by atoms with E-state index >= 15 is 0 Å². The maximum Gasteiger partial charge on any atom is 0.251 e. The Morgan fingerprint density at radius 2 is 2.00 bits per heavy atom. The number of hydrogen-bond donors (Lipinski definition) is 1. The van der Waals surface area contributed by atoms with Gasteiger partial charge in [0.2, 0.25) is 0 Å². The van der Waals surface area contributed by atoms with Crippen molar-refractivity contribution in [2.75, 3.05) is 13.2 Å². The second-order valence-corrected chi connectivity index (χ2v) is 5.63. The molecule has 0 fully saturated rings. The van der Waals surface area contributed by atoms with Crippen LogP contribution in [-0.4, -0.2) is 25.2 Å². The summed E-state index contributed by atoms with van der Waals surface area (Å²) in [4.78, 5) is 12.1. The largest absolute Gasteiger partial charge is 0.486 e. The summed E-state index contributed by atoms with van der Waals surface area (Å²) in [7, 11) is 0. The van der Waals surface area contributed by atoms with E-state index in [4.69, 9.17) is 9.47 Å². The lowest BCUT2D eigenvalue weighted by Gasteiger charge is -2.26. The first-order valence-corrected chi connectivity index (χ1v) is 7.44. The van der Waals surface area contributed by atoms with Crippen LogP contribution < -0.4 is 14.8 Å². The van der Waals surface area contributed by atoms with Gasteiger partial charge in [0.15, 0.2) is 11.5 Å². The van der Waals surface area contributed by atoms with E-state index in [-0.39, 0.29) is 12.0 Å². The van der Waals surface area contributed by atoms with Gasteiger partial charge in [0, 0.05) is 10.0 Å². The van der Waals surface area contributed by atoms with Gasteiger partial charge in [-0.2, -0.15) is 0 Å². The van der Waals surface area contributed by atoms with Gasteiger partial charge < -0.3 is 14.8 Å². The molecule has 0 aromatic heterocycles. The Morgan fingerprint density at radius 1 is 1.19 bits per heavy atom. The predicted octanol–water partition coefficient (Wildman–Crippen LogP) is 3.02. The van der Waals surface area contributed by atoms with Crippen molar-refractivity contribution in [3.63, 3.8) is 0 Å². The van der Waals surface area contributed by atoms with Crippen molar-refractivity contribution in [2.45, 2.75) is 6.10 Å². The molecule has 2 aromatic rings. The van der Waals surface area contributed by atoms with Crippen molar-refractivity contribution in [2.24, 2.45) is 0 Å². The molecule has 1 amide bonds.